The number of benzene rings is 3. The average Bonchev–Trinajstić information content (AvgIpc) is 3.16. The van der Waals surface area contributed by atoms with Crippen LogP contribution < -0.4 is 0 Å². The zero-order chi connectivity index (χ0) is 36.5. The zero-order valence-electron chi connectivity index (χ0n) is 29.1. The van der Waals surface area contributed by atoms with Crippen molar-refractivity contribution in [1.82, 2.24) is 0 Å². The van der Waals surface area contributed by atoms with Gasteiger partial charge in [0.25, 0.3) is 0 Å². The molecule has 0 aliphatic carbocycles. The van der Waals surface area contributed by atoms with Gasteiger partial charge in [-0.05, 0) is 102 Å². The predicted octanol–water partition coefficient (Wildman–Crippen LogP) is 13.8. The Balaban J connectivity index is 2.02. The minimum Gasteiger partial charge on any atom is -0.0990 e. The Morgan fingerprint density at radius 3 is 1.04 bits per heavy atom. The highest BCUT2D eigenvalue weighted by molar-refractivity contribution is 5.92. The monoisotopic (exact) mass is 646 g/mol. The van der Waals surface area contributed by atoms with E-state index in [1.165, 1.54) is 0 Å². The Morgan fingerprint density at radius 2 is 0.740 bits per heavy atom. The molecular weight excluding hydrogens is 601 g/mol. The number of allylic oxidation sites excluding steroid dienone is 22. The Hall–Kier alpha value is -6.50. The first-order valence-corrected chi connectivity index (χ1v) is 16.2. The summed E-state index contributed by atoms with van der Waals surface area (Å²) in [5, 5.41) is 0. The van der Waals surface area contributed by atoms with Crippen LogP contribution in [0.25, 0.3) is 22.3 Å². The van der Waals surface area contributed by atoms with Crippen molar-refractivity contribution < 1.29 is 0 Å². The van der Waals surface area contributed by atoms with Crippen LogP contribution in [0.1, 0.15) is 22.3 Å². The quantitative estimate of drug-likeness (QED) is 0.121. The molecule has 0 saturated heterocycles. The van der Waals surface area contributed by atoms with Crippen molar-refractivity contribution in [1.29, 1.82) is 0 Å². The number of rotatable bonds is 18. The largest absolute Gasteiger partial charge is 0.0990 e. The first kappa shape index (κ1) is 38.0. The standard InChI is InChI=1S/C50H46/c1-11-25-43(15-5)49(45-27-19-17-20-28-45)35-41(13-3)33-37(7)39(9)47-31-23-24-32-48(47)40(10)38(8)34-42(14-4)36-50(44(16-6)26-12-2)46-29-21-18-22-30-46/h11-36H,1-10H2/b41-33+,42-34+,43-25+,44-26+,49-35+,50-36+. The number of hydrogen-bond acceptors (Lipinski definition) is 0. The molecule has 3 aromatic rings. The van der Waals surface area contributed by atoms with Crippen molar-refractivity contribution >= 4 is 22.3 Å². The van der Waals surface area contributed by atoms with Gasteiger partial charge in [-0.15, -0.1) is 0 Å². The van der Waals surface area contributed by atoms with Crippen molar-refractivity contribution in [2.45, 2.75) is 0 Å². The van der Waals surface area contributed by atoms with Crippen LogP contribution >= 0.6 is 0 Å². The molecule has 0 radical (unpaired) electrons. The van der Waals surface area contributed by atoms with E-state index in [9.17, 15) is 0 Å². The second kappa shape index (κ2) is 19.4. The summed E-state index contributed by atoms with van der Waals surface area (Å²) in [5.41, 5.74) is 12.5. The van der Waals surface area contributed by atoms with E-state index in [4.69, 9.17) is 0 Å². The molecule has 0 spiro atoms. The van der Waals surface area contributed by atoms with Crippen LogP contribution in [-0.4, -0.2) is 0 Å². The van der Waals surface area contributed by atoms with E-state index in [1.807, 2.05) is 109 Å². The lowest BCUT2D eigenvalue weighted by molar-refractivity contribution is 1.50. The molecule has 0 unspecified atom stereocenters. The summed E-state index contributed by atoms with van der Waals surface area (Å²) in [5.74, 6) is 0. The molecule has 0 nitrogen and oxygen atoms in total. The molecule has 0 saturated carbocycles. The van der Waals surface area contributed by atoms with Gasteiger partial charge in [-0.25, -0.2) is 0 Å². The van der Waals surface area contributed by atoms with Gasteiger partial charge in [0, 0.05) is 0 Å². The summed E-state index contributed by atoms with van der Waals surface area (Å²) in [6, 6.07) is 28.3. The van der Waals surface area contributed by atoms with Gasteiger partial charge in [0.1, 0.15) is 0 Å². The van der Waals surface area contributed by atoms with Crippen molar-refractivity contribution in [3.63, 3.8) is 0 Å². The summed E-state index contributed by atoms with van der Waals surface area (Å²) in [4.78, 5) is 0. The highest BCUT2D eigenvalue weighted by atomic mass is 14.2. The Bertz CT molecular complexity index is 1870. The fraction of sp³-hybridized carbons (Fsp3) is 0. The summed E-state index contributed by atoms with van der Waals surface area (Å²) in [6.45, 7) is 41.7. The maximum Gasteiger partial charge on any atom is -0.0106 e. The van der Waals surface area contributed by atoms with Crippen molar-refractivity contribution in [3.05, 3.63) is 279 Å². The average molecular weight is 647 g/mol. The molecule has 0 aromatic heterocycles. The molecular formula is C50H46. The van der Waals surface area contributed by atoms with E-state index >= 15 is 0 Å². The van der Waals surface area contributed by atoms with E-state index in [2.05, 4.69) is 102 Å². The van der Waals surface area contributed by atoms with E-state index in [-0.39, 0.29) is 0 Å². The summed E-state index contributed by atoms with van der Waals surface area (Å²) in [7, 11) is 0. The summed E-state index contributed by atoms with van der Waals surface area (Å²) >= 11 is 0. The highest BCUT2D eigenvalue weighted by Crippen LogP contribution is 2.34. The molecule has 0 N–H and O–H groups in total. The summed E-state index contributed by atoms with van der Waals surface area (Å²) < 4.78 is 0. The van der Waals surface area contributed by atoms with Crippen molar-refractivity contribution in [2.24, 2.45) is 0 Å². The van der Waals surface area contributed by atoms with Crippen LogP contribution in [0, 0.1) is 0 Å². The molecule has 0 heteroatoms. The molecule has 0 fully saturated rings. The second-order valence-corrected chi connectivity index (χ2v) is 11.2. The van der Waals surface area contributed by atoms with Crippen LogP contribution in [0.3, 0.4) is 0 Å². The zero-order valence-corrected chi connectivity index (χ0v) is 29.1. The van der Waals surface area contributed by atoms with Crippen LogP contribution in [0.4, 0.5) is 0 Å². The molecule has 3 rings (SSSR count). The third kappa shape index (κ3) is 10.0. The Kier molecular flexibility index (Phi) is 14.7. The van der Waals surface area contributed by atoms with Gasteiger partial charge >= 0.3 is 0 Å². The molecule has 0 aliphatic heterocycles. The minimum absolute atomic E-state index is 0.742. The van der Waals surface area contributed by atoms with Gasteiger partial charge < -0.3 is 0 Å². The fourth-order valence-electron chi connectivity index (χ4n) is 5.28. The maximum atomic E-state index is 4.45. The first-order chi connectivity index (χ1) is 24.2. The smallest absolute Gasteiger partial charge is 0.0106 e. The third-order valence-electron chi connectivity index (χ3n) is 7.95. The Morgan fingerprint density at radius 1 is 0.400 bits per heavy atom. The normalized spacial score (nSPS) is 12.7. The molecule has 0 amide bonds. The molecule has 0 bridgehead atoms. The van der Waals surface area contributed by atoms with Gasteiger partial charge in [0.15, 0.2) is 0 Å². The predicted molar refractivity (Wildman–Crippen MR) is 225 cm³/mol. The van der Waals surface area contributed by atoms with Gasteiger partial charge in [-0.1, -0.05) is 199 Å². The first-order valence-electron chi connectivity index (χ1n) is 16.2. The van der Waals surface area contributed by atoms with E-state index in [0.717, 1.165) is 78.0 Å². The van der Waals surface area contributed by atoms with Gasteiger partial charge in [-0.3, -0.25) is 0 Å². The van der Waals surface area contributed by atoms with Crippen molar-refractivity contribution in [2.75, 3.05) is 0 Å². The molecule has 0 heterocycles. The summed E-state index contributed by atoms with van der Waals surface area (Å²) in [6.07, 6.45) is 22.8. The van der Waals surface area contributed by atoms with Crippen LogP contribution in [0.15, 0.2) is 257 Å². The third-order valence-corrected chi connectivity index (χ3v) is 7.95. The molecule has 50 heavy (non-hydrogen) atoms. The lowest BCUT2D eigenvalue weighted by Crippen LogP contribution is -1.96. The molecule has 0 atom stereocenters. The van der Waals surface area contributed by atoms with Crippen LogP contribution in [0.2, 0.25) is 0 Å². The van der Waals surface area contributed by atoms with Gasteiger partial charge in [0.05, 0.1) is 0 Å². The Labute approximate surface area is 300 Å². The van der Waals surface area contributed by atoms with Crippen molar-refractivity contribution in [3.8, 4) is 0 Å². The molecule has 0 aliphatic rings. The highest BCUT2D eigenvalue weighted by Gasteiger charge is 2.13. The lowest BCUT2D eigenvalue weighted by atomic mass is 9.88. The molecule has 246 valence electrons. The fourth-order valence-corrected chi connectivity index (χ4v) is 5.28. The van der Waals surface area contributed by atoms with Crippen LogP contribution in [0.5, 0.6) is 0 Å². The SMILES string of the molecule is C=C/C=C(C=C)/C(=C\C(C=C)=C\C(=C)C(=C)c1ccccc1C(=C)C(=C)/C=C(C=C)/C=C(\C(C=C)=C\C=C)c1ccccc1)c1ccccc1. The van der Waals surface area contributed by atoms with E-state index < -0.39 is 0 Å². The van der Waals surface area contributed by atoms with Gasteiger partial charge in [0.2, 0.25) is 0 Å². The lowest BCUT2D eigenvalue weighted by Gasteiger charge is -2.16. The van der Waals surface area contributed by atoms with E-state index in [1.54, 1.807) is 12.2 Å². The number of hydrogen-bond donors (Lipinski definition) is 0. The maximum absolute atomic E-state index is 4.45. The topological polar surface area (TPSA) is 0 Å². The second-order valence-electron chi connectivity index (χ2n) is 11.2. The van der Waals surface area contributed by atoms with Gasteiger partial charge in [-0.2, -0.15) is 0 Å². The molecule has 3 aromatic carbocycles. The van der Waals surface area contributed by atoms with Crippen LogP contribution in [-0.2, 0) is 0 Å². The van der Waals surface area contributed by atoms with E-state index in [0.29, 0.717) is 0 Å². The minimum atomic E-state index is 0.742.